The van der Waals surface area contributed by atoms with Gasteiger partial charge in [-0.1, -0.05) is 17.7 Å². The first kappa shape index (κ1) is 17.5. The average molecular weight is 368 g/mol. The summed E-state index contributed by atoms with van der Waals surface area (Å²) in [6.07, 6.45) is 0. The molecule has 6 nitrogen and oxygen atoms in total. The van der Waals surface area contributed by atoms with Gasteiger partial charge < -0.3 is 24.0 Å². The van der Waals surface area contributed by atoms with Crippen molar-refractivity contribution >= 4 is 11.6 Å². The van der Waals surface area contributed by atoms with Gasteiger partial charge in [-0.25, -0.2) is 0 Å². The summed E-state index contributed by atoms with van der Waals surface area (Å²) in [5.74, 6) is 2.34. The SMILES string of the molecule is Cc1ccc(OCC(=O)N2CCN(c3ccc4c(c3)OCCO4)CC2)cc1. The first-order valence-electron chi connectivity index (χ1n) is 9.31. The molecule has 2 aliphatic heterocycles. The van der Waals surface area contributed by atoms with Gasteiger partial charge >= 0.3 is 0 Å². The highest BCUT2D eigenvalue weighted by atomic mass is 16.6. The molecule has 0 saturated carbocycles. The summed E-state index contributed by atoms with van der Waals surface area (Å²) in [4.78, 5) is 16.5. The second-order valence-electron chi connectivity index (χ2n) is 6.80. The summed E-state index contributed by atoms with van der Waals surface area (Å²) >= 11 is 0. The number of carbonyl (C=O) groups is 1. The molecule has 0 N–H and O–H groups in total. The number of carbonyl (C=O) groups excluding carboxylic acids is 1. The van der Waals surface area contributed by atoms with Crippen molar-refractivity contribution in [3.05, 3.63) is 48.0 Å². The number of aryl methyl sites for hydroxylation is 1. The number of amides is 1. The quantitative estimate of drug-likeness (QED) is 0.830. The van der Waals surface area contributed by atoms with Crippen LogP contribution in [0.1, 0.15) is 5.56 Å². The normalized spacial score (nSPS) is 16.2. The highest BCUT2D eigenvalue weighted by Crippen LogP contribution is 2.34. The molecular weight excluding hydrogens is 344 g/mol. The van der Waals surface area contributed by atoms with Crippen LogP contribution in [0.5, 0.6) is 17.2 Å². The van der Waals surface area contributed by atoms with Crippen LogP contribution in [0.25, 0.3) is 0 Å². The maximum Gasteiger partial charge on any atom is 0.260 e. The lowest BCUT2D eigenvalue weighted by molar-refractivity contribution is -0.133. The monoisotopic (exact) mass is 368 g/mol. The lowest BCUT2D eigenvalue weighted by atomic mass is 10.2. The standard InChI is InChI=1S/C21H24N2O4/c1-16-2-5-18(6-3-16)27-15-21(24)23-10-8-22(9-11-23)17-4-7-19-20(14-17)26-13-12-25-19/h2-7,14H,8-13,15H2,1H3. The van der Waals surface area contributed by atoms with E-state index < -0.39 is 0 Å². The van der Waals surface area contributed by atoms with E-state index in [1.54, 1.807) is 0 Å². The lowest BCUT2D eigenvalue weighted by Gasteiger charge is -2.36. The molecule has 6 heteroatoms. The van der Waals surface area contributed by atoms with E-state index >= 15 is 0 Å². The van der Waals surface area contributed by atoms with Crippen LogP contribution in [0.2, 0.25) is 0 Å². The molecule has 2 aliphatic rings. The molecule has 142 valence electrons. The molecule has 4 rings (SSSR count). The Kier molecular flexibility index (Phi) is 5.05. The maximum atomic E-state index is 12.4. The molecule has 0 bridgehead atoms. The number of hydrogen-bond acceptors (Lipinski definition) is 5. The first-order valence-corrected chi connectivity index (χ1v) is 9.31. The molecule has 2 heterocycles. The Hall–Kier alpha value is -2.89. The number of hydrogen-bond donors (Lipinski definition) is 0. The van der Waals surface area contributed by atoms with Gasteiger partial charge in [0.2, 0.25) is 0 Å². The Morgan fingerprint density at radius 1 is 0.963 bits per heavy atom. The van der Waals surface area contributed by atoms with Crippen molar-refractivity contribution in [1.29, 1.82) is 0 Å². The Labute approximate surface area is 159 Å². The topological polar surface area (TPSA) is 51.2 Å². The van der Waals surface area contributed by atoms with Crippen LogP contribution >= 0.6 is 0 Å². The number of anilines is 1. The van der Waals surface area contributed by atoms with Crippen LogP contribution in [0.15, 0.2) is 42.5 Å². The summed E-state index contributed by atoms with van der Waals surface area (Å²) < 4.78 is 16.9. The minimum absolute atomic E-state index is 0.0254. The Morgan fingerprint density at radius 2 is 1.67 bits per heavy atom. The molecule has 2 aromatic rings. The number of fused-ring (bicyclic) bond motifs is 1. The van der Waals surface area contributed by atoms with Crippen molar-refractivity contribution in [3.8, 4) is 17.2 Å². The van der Waals surface area contributed by atoms with Gasteiger partial charge in [0.05, 0.1) is 0 Å². The molecule has 1 fully saturated rings. The molecule has 0 unspecified atom stereocenters. The Balaban J connectivity index is 1.29. The molecule has 0 aliphatic carbocycles. The van der Waals surface area contributed by atoms with E-state index in [0.29, 0.717) is 26.3 Å². The highest BCUT2D eigenvalue weighted by Gasteiger charge is 2.23. The molecule has 27 heavy (non-hydrogen) atoms. The predicted octanol–water partition coefficient (Wildman–Crippen LogP) is 2.49. The van der Waals surface area contributed by atoms with Crippen molar-refractivity contribution < 1.29 is 19.0 Å². The van der Waals surface area contributed by atoms with Gasteiger partial charge in [0.15, 0.2) is 18.1 Å². The maximum absolute atomic E-state index is 12.4. The molecule has 0 spiro atoms. The van der Waals surface area contributed by atoms with Crippen LogP contribution in [-0.2, 0) is 4.79 Å². The number of nitrogens with zero attached hydrogens (tertiary/aromatic N) is 2. The fourth-order valence-corrected chi connectivity index (χ4v) is 3.31. The molecular formula is C21H24N2O4. The van der Waals surface area contributed by atoms with Crippen molar-refractivity contribution in [2.24, 2.45) is 0 Å². The fraction of sp³-hybridized carbons (Fsp3) is 0.381. The zero-order chi connectivity index (χ0) is 18.6. The van der Waals surface area contributed by atoms with Crippen molar-refractivity contribution in [2.75, 3.05) is 50.9 Å². The molecule has 2 aromatic carbocycles. The van der Waals surface area contributed by atoms with E-state index in [0.717, 1.165) is 36.0 Å². The van der Waals surface area contributed by atoms with E-state index in [9.17, 15) is 4.79 Å². The number of ether oxygens (including phenoxy) is 3. The average Bonchev–Trinajstić information content (AvgIpc) is 2.73. The third-order valence-corrected chi connectivity index (χ3v) is 4.91. The van der Waals surface area contributed by atoms with E-state index in [4.69, 9.17) is 14.2 Å². The number of piperazine rings is 1. The predicted molar refractivity (Wildman–Crippen MR) is 103 cm³/mol. The van der Waals surface area contributed by atoms with Crippen molar-refractivity contribution in [1.82, 2.24) is 4.90 Å². The van der Waals surface area contributed by atoms with Crippen LogP contribution in [0, 0.1) is 6.92 Å². The highest BCUT2D eigenvalue weighted by molar-refractivity contribution is 5.78. The van der Waals surface area contributed by atoms with Gasteiger partial charge in [-0.15, -0.1) is 0 Å². The van der Waals surface area contributed by atoms with E-state index in [1.165, 1.54) is 5.56 Å². The van der Waals surface area contributed by atoms with Gasteiger partial charge in [0, 0.05) is 37.9 Å². The first-order chi connectivity index (χ1) is 13.2. The third kappa shape index (κ3) is 4.10. The van der Waals surface area contributed by atoms with Crippen LogP contribution in [0.3, 0.4) is 0 Å². The summed E-state index contributed by atoms with van der Waals surface area (Å²) in [5.41, 5.74) is 2.27. The van der Waals surface area contributed by atoms with Crippen molar-refractivity contribution in [3.63, 3.8) is 0 Å². The second kappa shape index (κ2) is 7.78. The fourth-order valence-electron chi connectivity index (χ4n) is 3.31. The number of benzene rings is 2. The molecule has 1 saturated heterocycles. The van der Waals surface area contributed by atoms with Crippen LogP contribution < -0.4 is 19.1 Å². The van der Waals surface area contributed by atoms with Gasteiger partial charge in [-0.3, -0.25) is 4.79 Å². The summed E-state index contributed by atoms with van der Waals surface area (Å²) in [7, 11) is 0. The van der Waals surface area contributed by atoms with E-state index in [1.807, 2.05) is 54.3 Å². The molecule has 1 amide bonds. The minimum atomic E-state index is 0.0254. The number of rotatable bonds is 4. The summed E-state index contributed by atoms with van der Waals surface area (Å²) in [5, 5.41) is 0. The Morgan fingerprint density at radius 3 is 2.41 bits per heavy atom. The molecule has 0 atom stereocenters. The van der Waals surface area contributed by atoms with Gasteiger partial charge in [-0.05, 0) is 31.2 Å². The van der Waals surface area contributed by atoms with Crippen LogP contribution in [-0.4, -0.2) is 56.8 Å². The summed E-state index contributed by atoms with van der Waals surface area (Å²) in [6.45, 7) is 6.22. The van der Waals surface area contributed by atoms with Gasteiger partial charge in [0.1, 0.15) is 19.0 Å². The van der Waals surface area contributed by atoms with Crippen LogP contribution in [0.4, 0.5) is 5.69 Å². The summed E-state index contributed by atoms with van der Waals surface area (Å²) in [6, 6.07) is 13.8. The van der Waals surface area contributed by atoms with Gasteiger partial charge in [0.25, 0.3) is 5.91 Å². The van der Waals surface area contributed by atoms with Gasteiger partial charge in [-0.2, -0.15) is 0 Å². The Bertz CT molecular complexity index is 798. The van der Waals surface area contributed by atoms with Crippen molar-refractivity contribution in [2.45, 2.75) is 6.92 Å². The zero-order valence-corrected chi connectivity index (χ0v) is 15.5. The smallest absolute Gasteiger partial charge is 0.260 e. The molecule has 0 aromatic heterocycles. The second-order valence-corrected chi connectivity index (χ2v) is 6.80. The largest absolute Gasteiger partial charge is 0.486 e. The zero-order valence-electron chi connectivity index (χ0n) is 15.5. The molecule has 0 radical (unpaired) electrons. The van der Waals surface area contributed by atoms with E-state index in [-0.39, 0.29) is 12.5 Å². The van der Waals surface area contributed by atoms with E-state index in [2.05, 4.69) is 4.90 Å². The third-order valence-electron chi connectivity index (χ3n) is 4.91. The minimum Gasteiger partial charge on any atom is -0.486 e. The lowest BCUT2D eigenvalue weighted by Crippen LogP contribution is -2.50.